The van der Waals surface area contributed by atoms with Gasteiger partial charge in [-0.1, -0.05) is 41.9 Å². The normalized spacial score (nSPS) is 11.3. The summed E-state index contributed by atoms with van der Waals surface area (Å²) in [5, 5.41) is 9.25. The number of fused-ring (bicyclic) bond motifs is 3. The molecule has 0 fully saturated rings. The van der Waals surface area contributed by atoms with Gasteiger partial charge in [0.05, 0.1) is 16.4 Å². The predicted octanol–water partition coefficient (Wildman–Crippen LogP) is 3.60. The number of H-pyrrole nitrogens is 1. The molecule has 0 aliphatic carbocycles. The van der Waals surface area contributed by atoms with E-state index in [4.69, 9.17) is 23.1 Å². The van der Waals surface area contributed by atoms with Crippen LogP contribution in [0.2, 0.25) is 5.02 Å². The van der Waals surface area contributed by atoms with Gasteiger partial charge in [0.15, 0.2) is 5.82 Å². The number of aromatic amines is 1. The minimum absolute atomic E-state index is 0.343. The van der Waals surface area contributed by atoms with Gasteiger partial charge in [-0.05, 0) is 17.7 Å². The lowest BCUT2D eigenvalue weighted by Gasteiger charge is -2.10. The molecular formula is C16H12ClN5. The molecule has 5 nitrogen and oxygen atoms in total. The highest BCUT2D eigenvalue weighted by molar-refractivity contribution is 6.34. The maximum absolute atomic E-state index is 6.35. The van der Waals surface area contributed by atoms with E-state index >= 15 is 0 Å². The van der Waals surface area contributed by atoms with Crippen molar-refractivity contribution >= 4 is 45.0 Å². The molecule has 0 radical (unpaired) electrons. The average molecular weight is 310 g/mol. The van der Waals surface area contributed by atoms with Crippen molar-refractivity contribution < 1.29 is 0 Å². The van der Waals surface area contributed by atoms with Crippen molar-refractivity contribution in [3.63, 3.8) is 0 Å². The Morgan fingerprint density at radius 2 is 1.64 bits per heavy atom. The maximum atomic E-state index is 6.35. The molecule has 5 N–H and O–H groups in total. The molecule has 2 aromatic carbocycles. The summed E-state index contributed by atoms with van der Waals surface area (Å²) < 4.78 is 0. The summed E-state index contributed by atoms with van der Waals surface area (Å²) >= 11 is 6.35. The van der Waals surface area contributed by atoms with Crippen molar-refractivity contribution in [1.29, 1.82) is 0 Å². The first-order valence-electron chi connectivity index (χ1n) is 6.73. The van der Waals surface area contributed by atoms with Crippen molar-refractivity contribution in [2.24, 2.45) is 0 Å². The molecule has 0 aliphatic rings. The maximum Gasteiger partial charge on any atom is 0.156 e. The number of benzene rings is 2. The summed E-state index contributed by atoms with van der Waals surface area (Å²) in [6, 6.07) is 13.5. The van der Waals surface area contributed by atoms with Gasteiger partial charge in [0.25, 0.3) is 0 Å². The lowest BCUT2D eigenvalue weighted by Crippen LogP contribution is -1.95. The second-order valence-corrected chi connectivity index (χ2v) is 5.44. The standard InChI is InChI=1S/C16H12ClN5/c17-10-6-2-1-4-8(10)9-5-3-7-11-12(9)14-13(15(18)20-11)16(19)22-21-14/h1-7H,(H2,18,20)(H3,19,21,22). The van der Waals surface area contributed by atoms with E-state index < -0.39 is 0 Å². The number of hydrogen-bond donors (Lipinski definition) is 3. The van der Waals surface area contributed by atoms with Crippen LogP contribution in [0.3, 0.4) is 0 Å². The monoisotopic (exact) mass is 309 g/mol. The first-order valence-corrected chi connectivity index (χ1v) is 7.11. The summed E-state index contributed by atoms with van der Waals surface area (Å²) in [5.74, 6) is 0.709. The van der Waals surface area contributed by atoms with Crippen molar-refractivity contribution in [2.45, 2.75) is 0 Å². The Bertz CT molecular complexity index is 1020. The van der Waals surface area contributed by atoms with E-state index in [1.165, 1.54) is 0 Å². The fourth-order valence-electron chi connectivity index (χ4n) is 2.78. The van der Waals surface area contributed by atoms with Crippen LogP contribution in [0.1, 0.15) is 0 Å². The third-order valence-corrected chi connectivity index (χ3v) is 4.08. The highest BCUT2D eigenvalue weighted by Crippen LogP contribution is 2.38. The number of rotatable bonds is 1. The van der Waals surface area contributed by atoms with Gasteiger partial charge in [-0.2, -0.15) is 5.10 Å². The Labute approximate surface area is 130 Å². The first kappa shape index (κ1) is 12.9. The van der Waals surface area contributed by atoms with Gasteiger partial charge in [-0.3, -0.25) is 5.10 Å². The number of pyridine rings is 1. The molecule has 4 rings (SSSR count). The van der Waals surface area contributed by atoms with Gasteiger partial charge in [0, 0.05) is 16.0 Å². The Morgan fingerprint density at radius 1 is 0.864 bits per heavy atom. The molecule has 0 unspecified atom stereocenters. The van der Waals surface area contributed by atoms with E-state index in [1.54, 1.807) is 0 Å². The van der Waals surface area contributed by atoms with Crippen molar-refractivity contribution in [3.05, 3.63) is 47.5 Å². The summed E-state index contributed by atoms with van der Waals surface area (Å²) in [6.45, 7) is 0. The summed E-state index contributed by atoms with van der Waals surface area (Å²) in [4.78, 5) is 4.45. The van der Waals surface area contributed by atoms with Crippen LogP contribution in [-0.2, 0) is 0 Å². The largest absolute Gasteiger partial charge is 0.383 e. The van der Waals surface area contributed by atoms with Gasteiger partial charge in [0.2, 0.25) is 0 Å². The minimum Gasteiger partial charge on any atom is -0.383 e. The third-order valence-electron chi connectivity index (χ3n) is 3.75. The molecule has 0 bridgehead atoms. The number of hydrogen-bond acceptors (Lipinski definition) is 4. The molecule has 0 amide bonds. The molecule has 2 heterocycles. The van der Waals surface area contributed by atoms with E-state index in [1.807, 2.05) is 42.5 Å². The Balaban J connectivity index is 2.21. The van der Waals surface area contributed by atoms with Crippen LogP contribution in [0.25, 0.3) is 32.9 Å². The van der Waals surface area contributed by atoms with E-state index in [2.05, 4.69) is 15.2 Å². The number of aromatic nitrogens is 3. The third kappa shape index (κ3) is 1.72. The molecule has 6 heteroatoms. The quantitative estimate of drug-likeness (QED) is 0.501. The molecule has 4 aromatic rings. The van der Waals surface area contributed by atoms with Gasteiger partial charge in [-0.25, -0.2) is 4.98 Å². The van der Waals surface area contributed by atoms with Crippen molar-refractivity contribution in [2.75, 3.05) is 11.5 Å². The smallest absolute Gasteiger partial charge is 0.156 e. The molecule has 22 heavy (non-hydrogen) atoms. The van der Waals surface area contributed by atoms with Crippen LogP contribution < -0.4 is 11.5 Å². The van der Waals surface area contributed by atoms with Gasteiger partial charge >= 0.3 is 0 Å². The van der Waals surface area contributed by atoms with Crippen LogP contribution in [0.5, 0.6) is 0 Å². The van der Waals surface area contributed by atoms with Crippen LogP contribution in [0.4, 0.5) is 11.6 Å². The van der Waals surface area contributed by atoms with E-state index in [-0.39, 0.29) is 0 Å². The molecule has 0 saturated heterocycles. The van der Waals surface area contributed by atoms with E-state index in [0.29, 0.717) is 22.0 Å². The molecule has 0 aliphatic heterocycles. The Hall–Kier alpha value is -2.79. The fourth-order valence-corrected chi connectivity index (χ4v) is 3.02. The highest BCUT2D eigenvalue weighted by atomic mass is 35.5. The first-order chi connectivity index (χ1) is 10.7. The molecule has 0 atom stereocenters. The summed E-state index contributed by atoms with van der Waals surface area (Å²) in [5.41, 5.74) is 15.3. The topological polar surface area (TPSA) is 93.6 Å². The molecular weight excluding hydrogens is 298 g/mol. The predicted molar refractivity (Wildman–Crippen MR) is 90.7 cm³/mol. The van der Waals surface area contributed by atoms with E-state index in [0.717, 1.165) is 27.5 Å². The Morgan fingerprint density at radius 3 is 2.45 bits per heavy atom. The van der Waals surface area contributed by atoms with Crippen LogP contribution in [0, 0.1) is 0 Å². The van der Waals surface area contributed by atoms with Crippen molar-refractivity contribution in [1.82, 2.24) is 15.2 Å². The number of nitrogen functional groups attached to an aromatic ring is 2. The molecule has 108 valence electrons. The SMILES string of the molecule is Nc1n[nH]c2c1c(N)nc1cccc(-c3ccccc3Cl)c12. The zero-order chi connectivity index (χ0) is 15.3. The van der Waals surface area contributed by atoms with Gasteiger partial charge in [-0.15, -0.1) is 0 Å². The number of nitrogens with zero attached hydrogens (tertiary/aromatic N) is 2. The lowest BCUT2D eigenvalue weighted by molar-refractivity contribution is 1.13. The van der Waals surface area contributed by atoms with E-state index in [9.17, 15) is 0 Å². The van der Waals surface area contributed by atoms with Crippen LogP contribution in [-0.4, -0.2) is 15.2 Å². The van der Waals surface area contributed by atoms with Gasteiger partial charge < -0.3 is 11.5 Å². The average Bonchev–Trinajstić information content (AvgIpc) is 2.90. The van der Waals surface area contributed by atoms with Crippen molar-refractivity contribution in [3.8, 4) is 11.1 Å². The number of anilines is 2. The number of halogens is 1. The minimum atomic E-state index is 0.343. The number of nitrogens with two attached hydrogens (primary N) is 2. The zero-order valence-corrected chi connectivity index (χ0v) is 12.2. The molecule has 2 aromatic heterocycles. The fraction of sp³-hybridized carbons (Fsp3) is 0. The zero-order valence-electron chi connectivity index (χ0n) is 11.5. The van der Waals surface area contributed by atoms with Crippen LogP contribution in [0.15, 0.2) is 42.5 Å². The number of nitrogens with one attached hydrogen (secondary N) is 1. The summed E-state index contributed by atoms with van der Waals surface area (Å²) in [6.07, 6.45) is 0. The van der Waals surface area contributed by atoms with Gasteiger partial charge in [0.1, 0.15) is 5.82 Å². The van der Waals surface area contributed by atoms with Crippen LogP contribution >= 0.6 is 11.6 Å². The lowest BCUT2D eigenvalue weighted by atomic mass is 9.99. The molecule has 0 spiro atoms. The second-order valence-electron chi connectivity index (χ2n) is 5.04. The molecule has 0 saturated carbocycles. The second kappa shape index (κ2) is 4.61. The highest BCUT2D eigenvalue weighted by Gasteiger charge is 2.16. The Kier molecular flexibility index (Phi) is 2.71. The summed E-state index contributed by atoms with van der Waals surface area (Å²) in [7, 11) is 0.